The van der Waals surface area contributed by atoms with E-state index in [1.165, 1.54) is 0 Å². The van der Waals surface area contributed by atoms with E-state index in [-0.39, 0.29) is 11.5 Å². The summed E-state index contributed by atoms with van der Waals surface area (Å²) in [7, 11) is 0. The molecule has 0 spiro atoms. The molecular weight excluding hydrogens is 272 g/mol. The zero-order valence-corrected chi connectivity index (χ0v) is 12.4. The fourth-order valence-corrected chi connectivity index (χ4v) is 2.07. The minimum atomic E-state index is -0.121. The molecule has 0 fully saturated rings. The average Bonchev–Trinajstić information content (AvgIpc) is 2.42. The van der Waals surface area contributed by atoms with Crippen LogP contribution in [0.5, 0.6) is 0 Å². The number of rotatable bonds is 5. The monoisotopic (exact) mass is 290 g/mol. The first kappa shape index (κ1) is 14.7. The Hall–Kier alpha value is -1.72. The molecule has 0 aliphatic rings. The van der Waals surface area contributed by atoms with Crippen molar-refractivity contribution < 1.29 is 4.74 Å². The van der Waals surface area contributed by atoms with Gasteiger partial charge in [0.15, 0.2) is 4.77 Å². The largest absolute Gasteiger partial charge is 0.356 e. The van der Waals surface area contributed by atoms with Crippen LogP contribution in [-0.2, 0) is 18.1 Å². The molecule has 0 bridgehead atoms. The van der Waals surface area contributed by atoms with Crippen molar-refractivity contribution in [2.24, 2.45) is 0 Å². The lowest BCUT2D eigenvalue weighted by Gasteiger charge is -2.11. The summed E-state index contributed by atoms with van der Waals surface area (Å²) >= 11 is 5.14. The SMILES string of the molecule is CC(C)c1cn(COCc2ccccc2)c(=S)[nH]c1=O. The predicted molar refractivity (Wildman–Crippen MR) is 81.2 cm³/mol. The molecule has 1 aromatic carbocycles. The van der Waals surface area contributed by atoms with Crippen LogP contribution in [0.1, 0.15) is 30.9 Å². The molecular formula is C15H18N2O2S. The van der Waals surface area contributed by atoms with Gasteiger partial charge in [-0.05, 0) is 23.7 Å². The van der Waals surface area contributed by atoms with Gasteiger partial charge in [-0.15, -0.1) is 0 Å². The van der Waals surface area contributed by atoms with Gasteiger partial charge in [0.05, 0.1) is 6.61 Å². The predicted octanol–water partition coefficient (Wildman–Crippen LogP) is 3.20. The van der Waals surface area contributed by atoms with Crippen molar-refractivity contribution in [3.05, 3.63) is 62.8 Å². The Morgan fingerprint density at radius 2 is 2.00 bits per heavy atom. The highest BCUT2D eigenvalue weighted by Crippen LogP contribution is 2.09. The fraction of sp³-hybridized carbons (Fsp3) is 0.333. The minimum Gasteiger partial charge on any atom is -0.356 e. The van der Waals surface area contributed by atoms with Gasteiger partial charge in [-0.2, -0.15) is 0 Å². The molecule has 1 N–H and O–H groups in total. The summed E-state index contributed by atoms with van der Waals surface area (Å²) in [5, 5.41) is 0. The van der Waals surface area contributed by atoms with Gasteiger partial charge in [-0.25, -0.2) is 0 Å². The molecule has 4 nitrogen and oxygen atoms in total. The first-order valence-corrected chi connectivity index (χ1v) is 6.94. The van der Waals surface area contributed by atoms with E-state index < -0.39 is 0 Å². The molecule has 0 radical (unpaired) electrons. The maximum Gasteiger partial charge on any atom is 0.255 e. The second kappa shape index (κ2) is 6.63. The third-order valence-corrected chi connectivity index (χ3v) is 3.34. The van der Waals surface area contributed by atoms with Crippen molar-refractivity contribution in [3.8, 4) is 0 Å². The normalized spacial score (nSPS) is 10.9. The minimum absolute atomic E-state index is 0.121. The molecule has 0 saturated heterocycles. The standard InChI is InChI=1S/C15H18N2O2S/c1-11(2)13-8-17(15(20)16-14(13)18)10-19-9-12-6-4-3-5-7-12/h3-8,11H,9-10H2,1-2H3,(H,16,18,20). The highest BCUT2D eigenvalue weighted by Gasteiger charge is 2.06. The van der Waals surface area contributed by atoms with Gasteiger partial charge in [0.25, 0.3) is 5.56 Å². The van der Waals surface area contributed by atoms with Gasteiger partial charge < -0.3 is 9.30 Å². The quantitative estimate of drug-likeness (QED) is 0.860. The van der Waals surface area contributed by atoms with Crippen LogP contribution in [0.25, 0.3) is 0 Å². The smallest absolute Gasteiger partial charge is 0.255 e. The summed E-state index contributed by atoms with van der Waals surface area (Å²) in [6.07, 6.45) is 1.77. The highest BCUT2D eigenvalue weighted by atomic mass is 32.1. The van der Waals surface area contributed by atoms with Gasteiger partial charge in [-0.1, -0.05) is 44.2 Å². The van der Waals surface area contributed by atoms with Crippen LogP contribution in [0, 0.1) is 4.77 Å². The van der Waals surface area contributed by atoms with E-state index in [0.717, 1.165) is 5.56 Å². The van der Waals surface area contributed by atoms with Gasteiger partial charge in [-0.3, -0.25) is 9.78 Å². The Bertz CT molecular complexity index is 674. The van der Waals surface area contributed by atoms with Crippen LogP contribution in [0.2, 0.25) is 0 Å². The van der Waals surface area contributed by atoms with E-state index in [2.05, 4.69) is 4.98 Å². The molecule has 2 aromatic rings. The molecule has 0 unspecified atom stereocenters. The third kappa shape index (κ3) is 3.65. The zero-order chi connectivity index (χ0) is 14.5. The topological polar surface area (TPSA) is 47.0 Å². The van der Waals surface area contributed by atoms with E-state index in [4.69, 9.17) is 17.0 Å². The lowest BCUT2D eigenvalue weighted by molar-refractivity contribution is 0.0618. The molecule has 106 valence electrons. The molecule has 1 aromatic heterocycles. The van der Waals surface area contributed by atoms with Gasteiger partial charge >= 0.3 is 0 Å². The summed E-state index contributed by atoms with van der Waals surface area (Å²) in [5.41, 5.74) is 1.69. The van der Waals surface area contributed by atoms with Crippen LogP contribution in [0.15, 0.2) is 41.3 Å². The molecule has 0 aliphatic heterocycles. The van der Waals surface area contributed by atoms with E-state index in [1.807, 2.05) is 44.2 Å². The summed E-state index contributed by atoms with van der Waals surface area (Å²) in [6.45, 7) is 4.79. The van der Waals surface area contributed by atoms with Crippen LogP contribution >= 0.6 is 12.2 Å². The average molecular weight is 290 g/mol. The zero-order valence-electron chi connectivity index (χ0n) is 11.6. The van der Waals surface area contributed by atoms with Gasteiger partial charge in [0.1, 0.15) is 6.73 Å². The Morgan fingerprint density at radius 3 is 2.65 bits per heavy atom. The van der Waals surface area contributed by atoms with E-state index >= 15 is 0 Å². The first-order valence-electron chi connectivity index (χ1n) is 6.53. The first-order chi connectivity index (χ1) is 9.58. The number of nitrogens with zero attached hydrogens (tertiary/aromatic N) is 1. The van der Waals surface area contributed by atoms with Crippen LogP contribution in [0.3, 0.4) is 0 Å². The lowest BCUT2D eigenvalue weighted by Crippen LogP contribution is -2.19. The second-order valence-electron chi connectivity index (χ2n) is 4.93. The Labute approximate surface area is 123 Å². The molecule has 1 heterocycles. The van der Waals surface area contributed by atoms with Crippen molar-refractivity contribution in [1.82, 2.24) is 9.55 Å². The number of aromatic nitrogens is 2. The van der Waals surface area contributed by atoms with E-state index in [9.17, 15) is 4.79 Å². The number of H-pyrrole nitrogens is 1. The Balaban J connectivity index is 2.08. The second-order valence-corrected chi connectivity index (χ2v) is 5.32. The number of ether oxygens (including phenoxy) is 1. The van der Waals surface area contributed by atoms with Gasteiger partial charge in [0, 0.05) is 11.8 Å². The van der Waals surface area contributed by atoms with Crippen molar-refractivity contribution in [1.29, 1.82) is 0 Å². The van der Waals surface area contributed by atoms with Crippen molar-refractivity contribution in [2.75, 3.05) is 0 Å². The number of nitrogens with one attached hydrogen (secondary N) is 1. The van der Waals surface area contributed by atoms with E-state index in [0.29, 0.717) is 23.7 Å². The van der Waals surface area contributed by atoms with Crippen molar-refractivity contribution >= 4 is 12.2 Å². The molecule has 0 saturated carbocycles. The van der Waals surface area contributed by atoms with Gasteiger partial charge in [0.2, 0.25) is 0 Å². The van der Waals surface area contributed by atoms with Crippen LogP contribution < -0.4 is 5.56 Å². The molecule has 2 rings (SSSR count). The summed E-state index contributed by atoms with van der Waals surface area (Å²) < 4.78 is 7.76. The molecule has 20 heavy (non-hydrogen) atoms. The maximum absolute atomic E-state index is 11.8. The fourth-order valence-electron chi connectivity index (χ4n) is 1.87. The third-order valence-electron chi connectivity index (χ3n) is 3.00. The Kier molecular flexibility index (Phi) is 4.87. The molecule has 0 atom stereocenters. The summed E-state index contributed by atoms with van der Waals surface area (Å²) in [6, 6.07) is 9.93. The van der Waals surface area contributed by atoms with E-state index in [1.54, 1.807) is 10.8 Å². The van der Waals surface area contributed by atoms with Crippen LogP contribution in [-0.4, -0.2) is 9.55 Å². The summed E-state index contributed by atoms with van der Waals surface area (Å²) in [5.74, 6) is 0.148. The highest BCUT2D eigenvalue weighted by molar-refractivity contribution is 7.71. The van der Waals surface area contributed by atoms with Crippen molar-refractivity contribution in [3.63, 3.8) is 0 Å². The van der Waals surface area contributed by atoms with Crippen molar-refractivity contribution in [2.45, 2.75) is 33.1 Å². The summed E-state index contributed by atoms with van der Waals surface area (Å²) in [4.78, 5) is 14.4. The molecule has 0 amide bonds. The number of benzene rings is 1. The Morgan fingerprint density at radius 1 is 1.30 bits per heavy atom. The maximum atomic E-state index is 11.8. The molecule has 5 heteroatoms. The van der Waals surface area contributed by atoms with Crippen LogP contribution in [0.4, 0.5) is 0 Å². The number of aromatic amines is 1. The molecule has 0 aliphatic carbocycles. The number of hydrogen-bond acceptors (Lipinski definition) is 3. The lowest BCUT2D eigenvalue weighted by atomic mass is 10.1. The number of hydrogen-bond donors (Lipinski definition) is 1.